The van der Waals surface area contributed by atoms with Crippen molar-refractivity contribution in [3.8, 4) is 5.75 Å². The molecule has 1 aromatic carbocycles. The highest BCUT2D eigenvalue weighted by atomic mass is 16.5. The lowest BCUT2D eigenvalue weighted by Gasteiger charge is -2.25. The van der Waals surface area contributed by atoms with Crippen LogP contribution in [0.1, 0.15) is 18.1 Å². The number of rotatable bonds is 7. The van der Waals surface area contributed by atoms with Crippen LogP contribution in [0, 0.1) is 11.3 Å². The van der Waals surface area contributed by atoms with Gasteiger partial charge >= 0.3 is 5.97 Å². The molecule has 0 radical (unpaired) electrons. The first-order valence-electron chi connectivity index (χ1n) is 8.96. The third-order valence-corrected chi connectivity index (χ3v) is 5.62. The van der Waals surface area contributed by atoms with Crippen LogP contribution < -0.4 is 4.74 Å². The van der Waals surface area contributed by atoms with Gasteiger partial charge in [0, 0.05) is 32.7 Å². The average Bonchev–Trinajstić information content (AvgIpc) is 3.11. The van der Waals surface area contributed by atoms with Crippen LogP contribution in [0.15, 0.2) is 30.9 Å². The largest absolute Gasteiger partial charge is 0.496 e. The van der Waals surface area contributed by atoms with Crippen molar-refractivity contribution in [1.82, 2.24) is 9.80 Å². The molecule has 2 fully saturated rings. The molecule has 1 N–H and O–H groups in total. The molecule has 0 aromatic heterocycles. The first-order chi connectivity index (χ1) is 12.4. The molecular formula is C20H26N2O4. The summed E-state index contributed by atoms with van der Waals surface area (Å²) in [5.74, 6) is -0.524. The fourth-order valence-electron chi connectivity index (χ4n) is 4.30. The summed E-state index contributed by atoms with van der Waals surface area (Å²) < 4.78 is 5.38. The zero-order valence-corrected chi connectivity index (χ0v) is 15.4. The van der Waals surface area contributed by atoms with E-state index >= 15 is 0 Å². The van der Waals surface area contributed by atoms with Gasteiger partial charge in [-0.3, -0.25) is 14.5 Å². The van der Waals surface area contributed by atoms with Crippen molar-refractivity contribution >= 4 is 11.9 Å². The second-order valence-electron chi connectivity index (χ2n) is 7.17. The molecular weight excluding hydrogens is 332 g/mol. The van der Waals surface area contributed by atoms with Crippen molar-refractivity contribution < 1.29 is 19.4 Å². The van der Waals surface area contributed by atoms with E-state index in [2.05, 4.69) is 17.5 Å². The first-order valence-corrected chi connectivity index (χ1v) is 8.96. The number of amides is 1. The fraction of sp³-hybridized carbons (Fsp3) is 0.500. The Labute approximate surface area is 154 Å². The number of carboxylic acid groups (broad SMARTS) is 1. The summed E-state index contributed by atoms with van der Waals surface area (Å²) in [6.07, 6.45) is 2.54. The Kier molecular flexibility index (Phi) is 5.05. The molecule has 0 spiro atoms. The molecule has 6 heteroatoms. The van der Waals surface area contributed by atoms with Gasteiger partial charge in [-0.05, 0) is 30.5 Å². The van der Waals surface area contributed by atoms with E-state index in [0.717, 1.165) is 16.9 Å². The second kappa shape index (κ2) is 7.11. The minimum atomic E-state index is -0.983. The normalized spacial score (nSPS) is 25.4. The van der Waals surface area contributed by atoms with E-state index in [0.29, 0.717) is 39.1 Å². The summed E-state index contributed by atoms with van der Waals surface area (Å²) in [7, 11) is 1.64. The minimum absolute atomic E-state index is 0.0283. The van der Waals surface area contributed by atoms with Crippen LogP contribution in [0.2, 0.25) is 0 Å². The van der Waals surface area contributed by atoms with Gasteiger partial charge in [0.25, 0.3) is 0 Å². The van der Waals surface area contributed by atoms with Crippen LogP contribution in [-0.2, 0) is 22.6 Å². The van der Waals surface area contributed by atoms with Crippen LogP contribution in [-0.4, -0.2) is 60.1 Å². The lowest BCUT2D eigenvalue weighted by Crippen LogP contribution is -2.40. The lowest BCUT2D eigenvalue weighted by molar-refractivity contribution is -0.149. The number of carboxylic acids is 1. The van der Waals surface area contributed by atoms with Gasteiger partial charge in [0.2, 0.25) is 5.91 Å². The van der Waals surface area contributed by atoms with Gasteiger partial charge in [0.1, 0.15) is 11.2 Å². The van der Waals surface area contributed by atoms with E-state index in [-0.39, 0.29) is 5.91 Å². The third-order valence-electron chi connectivity index (χ3n) is 5.62. The number of aliphatic carboxylic acids is 1. The molecule has 0 unspecified atom stereocenters. The number of fused-ring (bicyclic) bond motifs is 1. The molecule has 2 saturated heterocycles. The highest BCUT2D eigenvalue weighted by Crippen LogP contribution is 2.44. The number of methoxy groups -OCH3 is 1. The number of likely N-dealkylation sites (tertiary alicyclic amines) is 2. The lowest BCUT2D eigenvalue weighted by atomic mass is 9.81. The number of ether oxygens (including phenoxy) is 1. The van der Waals surface area contributed by atoms with Gasteiger partial charge in [0.15, 0.2) is 0 Å². The quantitative estimate of drug-likeness (QED) is 0.753. The molecule has 1 amide bonds. The molecule has 140 valence electrons. The summed E-state index contributed by atoms with van der Waals surface area (Å²) in [5, 5.41) is 9.84. The Hall–Kier alpha value is -2.34. The van der Waals surface area contributed by atoms with Gasteiger partial charge in [-0.2, -0.15) is 0 Å². The maximum atomic E-state index is 12.6. The van der Waals surface area contributed by atoms with Crippen LogP contribution >= 0.6 is 0 Å². The predicted molar refractivity (Wildman–Crippen MR) is 98.0 cm³/mol. The van der Waals surface area contributed by atoms with E-state index in [1.54, 1.807) is 12.0 Å². The van der Waals surface area contributed by atoms with E-state index in [1.807, 2.05) is 25.1 Å². The SMILES string of the molecule is C=CCc1cc(CN2C[C@@H]3C(=O)N(CC)C[C@]3(C(=O)O)C2)ccc1OC. The Morgan fingerprint density at radius 3 is 2.81 bits per heavy atom. The molecule has 6 nitrogen and oxygen atoms in total. The number of nitrogens with zero attached hydrogens (tertiary/aromatic N) is 2. The van der Waals surface area contributed by atoms with Gasteiger partial charge in [-0.25, -0.2) is 0 Å². The monoisotopic (exact) mass is 358 g/mol. The smallest absolute Gasteiger partial charge is 0.313 e. The zero-order valence-electron chi connectivity index (χ0n) is 15.4. The molecule has 0 saturated carbocycles. The fourth-order valence-corrected chi connectivity index (χ4v) is 4.30. The number of carbonyl (C=O) groups excluding carboxylic acids is 1. The zero-order chi connectivity index (χ0) is 18.9. The summed E-state index contributed by atoms with van der Waals surface area (Å²) in [5.41, 5.74) is 1.16. The van der Waals surface area contributed by atoms with Crippen molar-refractivity contribution in [2.24, 2.45) is 11.3 Å². The second-order valence-corrected chi connectivity index (χ2v) is 7.17. The molecule has 1 aromatic rings. The van der Waals surface area contributed by atoms with Crippen molar-refractivity contribution in [3.63, 3.8) is 0 Å². The first kappa shape index (κ1) is 18.5. The van der Waals surface area contributed by atoms with Crippen molar-refractivity contribution in [2.75, 3.05) is 33.3 Å². The third kappa shape index (κ3) is 2.98. The van der Waals surface area contributed by atoms with E-state index in [9.17, 15) is 14.7 Å². The van der Waals surface area contributed by atoms with E-state index < -0.39 is 17.3 Å². The van der Waals surface area contributed by atoms with Gasteiger partial charge < -0.3 is 14.7 Å². The number of hydrogen-bond donors (Lipinski definition) is 1. The number of hydrogen-bond acceptors (Lipinski definition) is 4. The van der Waals surface area contributed by atoms with E-state index in [1.165, 1.54) is 0 Å². The summed E-state index contributed by atoms with van der Waals surface area (Å²) in [4.78, 5) is 28.3. The Bertz CT molecular complexity index is 733. The van der Waals surface area contributed by atoms with Crippen molar-refractivity contribution in [2.45, 2.75) is 19.9 Å². The highest BCUT2D eigenvalue weighted by Gasteiger charge is 2.61. The molecule has 26 heavy (non-hydrogen) atoms. The number of carbonyl (C=O) groups is 2. The van der Waals surface area contributed by atoms with Crippen LogP contribution in [0.5, 0.6) is 5.75 Å². The topological polar surface area (TPSA) is 70.1 Å². The predicted octanol–water partition coefficient (Wildman–Crippen LogP) is 1.79. The Morgan fingerprint density at radius 2 is 2.23 bits per heavy atom. The Morgan fingerprint density at radius 1 is 1.46 bits per heavy atom. The number of benzene rings is 1. The Balaban J connectivity index is 1.79. The van der Waals surface area contributed by atoms with Crippen LogP contribution in [0.3, 0.4) is 0 Å². The van der Waals surface area contributed by atoms with Crippen LogP contribution in [0.4, 0.5) is 0 Å². The molecule has 0 bridgehead atoms. The standard InChI is InChI=1S/C20H26N2O4/c1-4-6-15-9-14(7-8-17(15)26-3)10-21-11-16-18(23)22(5-2)13-20(16,12-21)19(24)25/h4,7-9,16H,1,5-6,10-13H2,2-3H3,(H,24,25)/t16-,20-/m1/s1. The summed E-state index contributed by atoms with van der Waals surface area (Å²) in [6.45, 7) is 8.06. The molecule has 2 atom stereocenters. The van der Waals surface area contributed by atoms with Crippen LogP contribution in [0.25, 0.3) is 0 Å². The summed E-state index contributed by atoms with van der Waals surface area (Å²) in [6, 6.07) is 6.00. The molecule has 2 aliphatic heterocycles. The molecule has 2 aliphatic rings. The van der Waals surface area contributed by atoms with Crippen molar-refractivity contribution in [3.05, 3.63) is 42.0 Å². The van der Waals surface area contributed by atoms with Gasteiger partial charge in [-0.1, -0.05) is 18.2 Å². The van der Waals surface area contributed by atoms with Gasteiger partial charge in [0.05, 0.1) is 13.0 Å². The van der Waals surface area contributed by atoms with Crippen molar-refractivity contribution in [1.29, 1.82) is 0 Å². The molecule has 3 rings (SSSR count). The summed E-state index contributed by atoms with van der Waals surface area (Å²) >= 11 is 0. The number of allylic oxidation sites excluding steroid dienone is 1. The maximum Gasteiger partial charge on any atom is 0.313 e. The molecule has 2 heterocycles. The maximum absolute atomic E-state index is 12.6. The highest BCUT2D eigenvalue weighted by molar-refractivity contribution is 5.92. The molecule has 0 aliphatic carbocycles. The minimum Gasteiger partial charge on any atom is -0.496 e. The van der Waals surface area contributed by atoms with Gasteiger partial charge in [-0.15, -0.1) is 6.58 Å². The average molecular weight is 358 g/mol. The van der Waals surface area contributed by atoms with E-state index in [4.69, 9.17) is 4.74 Å².